The lowest BCUT2D eigenvalue weighted by Crippen LogP contribution is -2.29. The fourth-order valence-electron chi connectivity index (χ4n) is 5.86. The molecule has 1 aliphatic heterocycles. The second kappa shape index (κ2) is 15.7. The number of carbonyl (C=O) groups is 2. The summed E-state index contributed by atoms with van der Waals surface area (Å²) < 4.78 is 18.6. The number of hydrogen-bond acceptors (Lipinski definition) is 9. The number of aryl methyl sites for hydroxylation is 1. The van der Waals surface area contributed by atoms with Gasteiger partial charge >= 0.3 is 0 Å². The number of hydrazone groups is 1. The molecule has 0 saturated heterocycles. The normalized spacial score (nSPS) is 13.9. The van der Waals surface area contributed by atoms with Crippen LogP contribution in [0.4, 0.5) is 0 Å². The van der Waals surface area contributed by atoms with Crippen LogP contribution in [-0.4, -0.2) is 64.4 Å². The number of hydrogen-bond donors (Lipinski definition) is 1. The smallest absolute Gasteiger partial charge is 0.253 e. The van der Waals surface area contributed by atoms with Crippen LogP contribution in [0.3, 0.4) is 0 Å². The van der Waals surface area contributed by atoms with Gasteiger partial charge in [0.25, 0.3) is 5.91 Å². The fraction of sp³-hybridized carbons (Fsp3) is 0.237. The van der Waals surface area contributed by atoms with Crippen LogP contribution in [0, 0.1) is 6.92 Å². The van der Waals surface area contributed by atoms with Gasteiger partial charge in [-0.05, 0) is 66.1 Å². The number of thioether (sulfide) groups is 1. The molecule has 11 nitrogen and oxygen atoms in total. The van der Waals surface area contributed by atoms with Crippen LogP contribution in [0.1, 0.15) is 40.5 Å². The van der Waals surface area contributed by atoms with Gasteiger partial charge in [0.1, 0.15) is 5.75 Å². The quantitative estimate of drug-likeness (QED) is 0.151. The predicted octanol–water partition coefficient (Wildman–Crippen LogP) is 5.93. The Hall–Kier alpha value is -5.62. The number of methoxy groups -OCH3 is 3. The lowest BCUT2D eigenvalue weighted by atomic mass is 9.97. The molecule has 0 spiro atoms. The van der Waals surface area contributed by atoms with Crippen molar-refractivity contribution in [1.82, 2.24) is 25.1 Å². The summed E-state index contributed by atoms with van der Waals surface area (Å²) in [6.07, 6.45) is 0.724. The van der Waals surface area contributed by atoms with E-state index in [2.05, 4.69) is 15.5 Å². The Morgan fingerprint density at radius 3 is 2.38 bits per heavy atom. The van der Waals surface area contributed by atoms with Crippen molar-refractivity contribution in [2.45, 2.75) is 37.5 Å². The summed E-state index contributed by atoms with van der Waals surface area (Å²) in [7, 11) is 4.79. The molecular weight excluding hydrogens is 653 g/mol. The van der Waals surface area contributed by atoms with E-state index in [-0.39, 0.29) is 30.5 Å². The summed E-state index contributed by atoms with van der Waals surface area (Å²) in [6.45, 7) is 2.17. The van der Waals surface area contributed by atoms with E-state index in [0.717, 1.165) is 39.4 Å². The van der Waals surface area contributed by atoms with Crippen LogP contribution in [-0.2, 0) is 22.6 Å². The van der Waals surface area contributed by atoms with Crippen LogP contribution >= 0.6 is 11.8 Å². The molecular formula is C38H38N6O5S. The number of rotatable bonds is 13. The van der Waals surface area contributed by atoms with Crippen molar-refractivity contribution in [2.24, 2.45) is 5.10 Å². The lowest BCUT2D eigenvalue weighted by Gasteiger charge is -2.24. The zero-order valence-corrected chi connectivity index (χ0v) is 29.1. The Kier molecular flexibility index (Phi) is 10.8. The molecule has 6 rings (SSSR count). The van der Waals surface area contributed by atoms with Gasteiger partial charge in [-0.15, -0.1) is 10.2 Å². The van der Waals surface area contributed by atoms with Crippen molar-refractivity contribution in [3.8, 4) is 22.9 Å². The van der Waals surface area contributed by atoms with E-state index >= 15 is 0 Å². The maximum absolute atomic E-state index is 14.1. The van der Waals surface area contributed by atoms with Gasteiger partial charge < -0.3 is 19.5 Å². The van der Waals surface area contributed by atoms with E-state index in [9.17, 15) is 9.59 Å². The molecule has 256 valence electrons. The van der Waals surface area contributed by atoms with E-state index in [1.54, 1.807) is 21.3 Å². The first kappa shape index (κ1) is 34.3. The first-order valence-corrected chi connectivity index (χ1v) is 17.1. The second-order valence-corrected chi connectivity index (χ2v) is 12.6. The largest absolute Gasteiger partial charge is 0.497 e. The van der Waals surface area contributed by atoms with Crippen LogP contribution < -0.4 is 19.5 Å². The molecule has 2 heterocycles. The number of para-hydroxylation sites is 1. The van der Waals surface area contributed by atoms with Crippen LogP contribution in [0.5, 0.6) is 17.2 Å². The predicted molar refractivity (Wildman–Crippen MR) is 192 cm³/mol. The average molecular weight is 691 g/mol. The zero-order valence-electron chi connectivity index (χ0n) is 28.3. The molecule has 0 saturated carbocycles. The van der Waals surface area contributed by atoms with E-state index < -0.39 is 6.04 Å². The highest BCUT2D eigenvalue weighted by atomic mass is 32.2. The van der Waals surface area contributed by atoms with Crippen LogP contribution in [0.25, 0.3) is 5.69 Å². The van der Waals surface area contributed by atoms with Crippen molar-refractivity contribution in [1.29, 1.82) is 0 Å². The molecule has 0 bridgehead atoms. The summed E-state index contributed by atoms with van der Waals surface area (Å²) in [4.78, 5) is 26.9. The first-order chi connectivity index (χ1) is 24.4. The molecule has 5 aromatic rings. The molecule has 1 aliphatic rings. The van der Waals surface area contributed by atoms with Crippen molar-refractivity contribution in [3.05, 3.63) is 125 Å². The van der Waals surface area contributed by atoms with Gasteiger partial charge in [0.15, 0.2) is 22.5 Å². The zero-order chi connectivity index (χ0) is 35.0. The van der Waals surface area contributed by atoms with Gasteiger partial charge in [0.2, 0.25) is 5.91 Å². The van der Waals surface area contributed by atoms with E-state index in [1.165, 1.54) is 16.8 Å². The summed E-state index contributed by atoms with van der Waals surface area (Å²) in [6, 6.07) is 30.3. The van der Waals surface area contributed by atoms with E-state index in [0.29, 0.717) is 28.9 Å². The van der Waals surface area contributed by atoms with Gasteiger partial charge in [-0.1, -0.05) is 66.4 Å². The molecule has 4 aromatic carbocycles. The van der Waals surface area contributed by atoms with Crippen LogP contribution in [0.2, 0.25) is 0 Å². The molecule has 0 unspecified atom stereocenters. The molecule has 0 fully saturated rings. The topological polar surface area (TPSA) is 120 Å². The van der Waals surface area contributed by atoms with Crippen molar-refractivity contribution in [3.63, 3.8) is 0 Å². The molecule has 1 aromatic heterocycles. The van der Waals surface area contributed by atoms with Gasteiger partial charge in [-0.2, -0.15) is 5.10 Å². The Labute approximate surface area is 295 Å². The number of aromatic nitrogens is 3. The minimum atomic E-state index is -0.435. The first-order valence-electron chi connectivity index (χ1n) is 16.1. The Balaban J connectivity index is 1.26. The third kappa shape index (κ3) is 7.65. The minimum absolute atomic E-state index is 0.0342. The number of nitrogens with one attached hydrogen (secondary N) is 1. The molecule has 50 heavy (non-hydrogen) atoms. The standard InChI is InChI=1S/C38H38N6O5S/c1-25-10-8-13-28(20-25)43-34(23-39-35(45)21-26-11-6-5-7-12-26)40-41-38(43)50-24-36(46)44-32(30-14-9-15-33(48-3)37(30)49-4)22-31(42-44)27-16-18-29(47-2)19-17-27/h5-20,32H,21-24H2,1-4H3,(H,39,45)/t32-/m0/s1. The maximum atomic E-state index is 14.1. The molecule has 12 heteroatoms. The number of amides is 2. The highest BCUT2D eigenvalue weighted by Gasteiger charge is 2.36. The van der Waals surface area contributed by atoms with Gasteiger partial charge in [-0.3, -0.25) is 14.2 Å². The van der Waals surface area contributed by atoms with E-state index in [4.69, 9.17) is 19.3 Å². The van der Waals surface area contributed by atoms with Crippen molar-refractivity contribution in [2.75, 3.05) is 27.1 Å². The maximum Gasteiger partial charge on any atom is 0.253 e. The average Bonchev–Trinajstić information content (AvgIpc) is 3.78. The van der Waals surface area contributed by atoms with Gasteiger partial charge in [0, 0.05) is 17.7 Å². The SMILES string of the molecule is COc1ccc(C2=NN(C(=O)CSc3nnc(CNC(=O)Cc4ccccc4)n3-c3cccc(C)c3)[C@H](c3cccc(OC)c3OC)C2)cc1. The summed E-state index contributed by atoms with van der Waals surface area (Å²) in [5.74, 6) is 2.09. The minimum Gasteiger partial charge on any atom is -0.497 e. The van der Waals surface area contributed by atoms with Crippen LogP contribution in [0.15, 0.2) is 107 Å². The molecule has 1 atom stereocenters. The van der Waals surface area contributed by atoms with Gasteiger partial charge in [-0.25, -0.2) is 5.01 Å². The Morgan fingerprint density at radius 1 is 0.880 bits per heavy atom. The monoisotopic (exact) mass is 690 g/mol. The van der Waals surface area contributed by atoms with Crippen molar-refractivity contribution < 1.29 is 23.8 Å². The second-order valence-electron chi connectivity index (χ2n) is 11.6. The van der Waals surface area contributed by atoms with Gasteiger partial charge in [0.05, 0.1) is 51.8 Å². The number of nitrogens with zero attached hydrogens (tertiary/aromatic N) is 5. The number of carbonyl (C=O) groups excluding carboxylic acids is 2. The Bertz CT molecular complexity index is 2000. The number of ether oxygens (including phenoxy) is 3. The molecule has 1 N–H and O–H groups in total. The lowest BCUT2D eigenvalue weighted by molar-refractivity contribution is -0.130. The van der Waals surface area contributed by atoms with Crippen molar-refractivity contribution >= 4 is 29.3 Å². The molecule has 2 amide bonds. The van der Waals surface area contributed by atoms with E-state index in [1.807, 2.05) is 109 Å². The summed E-state index contributed by atoms with van der Waals surface area (Å²) in [5.41, 5.74) is 5.24. The summed E-state index contributed by atoms with van der Waals surface area (Å²) in [5, 5.41) is 18.8. The Morgan fingerprint density at radius 2 is 1.66 bits per heavy atom. The molecule has 0 aliphatic carbocycles. The molecule has 0 radical (unpaired) electrons. The highest BCUT2D eigenvalue weighted by Crippen LogP contribution is 2.42. The number of benzene rings is 4. The summed E-state index contributed by atoms with van der Waals surface area (Å²) >= 11 is 1.26. The fourth-order valence-corrected chi connectivity index (χ4v) is 6.69. The highest BCUT2D eigenvalue weighted by molar-refractivity contribution is 7.99. The third-order valence-corrected chi connectivity index (χ3v) is 9.23. The third-order valence-electron chi connectivity index (χ3n) is 8.32.